The second-order valence-corrected chi connectivity index (χ2v) is 6.57. The summed E-state index contributed by atoms with van der Waals surface area (Å²) in [5, 5.41) is 2.37. The summed E-state index contributed by atoms with van der Waals surface area (Å²) in [6.45, 7) is 4.20. The van der Waals surface area contributed by atoms with E-state index in [4.69, 9.17) is 11.5 Å². The Morgan fingerprint density at radius 1 is 1.35 bits per heavy atom. The van der Waals surface area contributed by atoms with E-state index in [2.05, 4.69) is 29.1 Å². The zero-order valence-electron chi connectivity index (χ0n) is 12.9. The highest BCUT2D eigenvalue weighted by Crippen LogP contribution is 2.26. The van der Waals surface area contributed by atoms with E-state index in [9.17, 15) is 9.59 Å². The monoisotopic (exact) mass is 333 g/mol. The molecular weight excluding hydrogens is 314 g/mol. The summed E-state index contributed by atoms with van der Waals surface area (Å²) >= 11 is 1.08. The van der Waals surface area contributed by atoms with Gasteiger partial charge in [-0.3, -0.25) is 9.59 Å². The normalized spacial score (nSPS) is 17.1. The molecule has 0 saturated carbocycles. The van der Waals surface area contributed by atoms with Crippen molar-refractivity contribution >= 4 is 40.4 Å². The maximum absolute atomic E-state index is 12.0. The topological polar surface area (TPSA) is 123 Å². The molecule has 1 aromatic carbocycles. The van der Waals surface area contributed by atoms with Crippen molar-refractivity contribution in [3.8, 4) is 0 Å². The Balaban J connectivity index is 1.91. The molecular formula is C15H19N5O2S. The lowest BCUT2D eigenvalue weighted by molar-refractivity contribution is -0.121. The van der Waals surface area contributed by atoms with Crippen molar-refractivity contribution in [3.63, 3.8) is 0 Å². The van der Waals surface area contributed by atoms with E-state index >= 15 is 0 Å². The summed E-state index contributed by atoms with van der Waals surface area (Å²) in [4.78, 5) is 31.2. The van der Waals surface area contributed by atoms with Gasteiger partial charge in [0.1, 0.15) is 5.25 Å². The molecule has 1 aromatic rings. The Morgan fingerprint density at radius 3 is 2.57 bits per heavy atom. The minimum Gasteiger partial charge on any atom is -0.370 e. The van der Waals surface area contributed by atoms with Crippen molar-refractivity contribution in [2.45, 2.75) is 31.4 Å². The quantitative estimate of drug-likeness (QED) is 0.568. The number of carbonyl (C=O) groups is 2. The molecule has 2 rings (SSSR count). The average Bonchev–Trinajstić information content (AvgIpc) is 2.78. The van der Waals surface area contributed by atoms with Gasteiger partial charge < -0.3 is 16.8 Å². The smallest absolute Gasteiger partial charge is 0.262 e. The molecule has 0 spiro atoms. The summed E-state index contributed by atoms with van der Waals surface area (Å²) in [6.07, 6.45) is 0.0163. The number of guanidine groups is 1. The van der Waals surface area contributed by atoms with Crippen molar-refractivity contribution < 1.29 is 9.59 Å². The fourth-order valence-electron chi connectivity index (χ4n) is 1.99. The number of anilines is 1. The average molecular weight is 333 g/mol. The summed E-state index contributed by atoms with van der Waals surface area (Å²) in [5.74, 6) is -0.396. The Labute approximate surface area is 138 Å². The van der Waals surface area contributed by atoms with E-state index in [1.807, 2.05) is 24.3 Å². The molecule has 0 radical (unpaired) electrons. The molecule has 8 heteroatoms. The van der Waals surface area contributed by atoms with Gasteiger partial charge in [0.25, 0.3) is 5.91 Å². The number of nitrogens with zero attached hydrogens (tertiary/aromatic N) is 2. The number of benzene rings is 1. The first-order valence-electron chi connectivity index (χ1n) is 7.14. The molecule has 0 bridgehead atoms. The van der Waals surface area contributed by atoms with Gasteiger partial charge in [0, 0.05) is 12.1 Å². The van der Waals surface area contributed by atoms with Crippen molar-refractivity contribution in [2.75, 3.05) is 5.32 Å². The van der Waals surface area contributed by atoms with E-state index in [1.165, 1.54) is 5.56 Å². The first-order valence-corrected chi connectivity index (χ1v) is 8.01. The maximum Gasteiger partial charge on any atom is 0.262 e. The van der Waals surface area contributed by atoms with Crippen molar-refractivity contribution in [2.24, 2.45) is 21.5 Å². The fraction of sp³-hybridized carbons (Fsp3) is 0.333. The largest absolute Gasteiger partial charge is 0.370 e. The van der Waals surface area contributed by atoms with Gasteiger partial charge in [-0.05, 0) is 23.6 Å². The predicted octanol–water partition coefficient (Wildman–Crippen LogP) is 1.41. The van der Waals surface area contributed by atoms with E-state index in [1.54, 1.807) is 0 Å². The van der Waals surface area contributed by atoms with Crippen molar-refractivity contribution in [1.82, 2.24) is 0 Å². The molecule has 1 aliphatic heterocycles. The highest BCUT2D eigenvalue weighted by atomic mass is 32.2. The lowest BCUT2D eigenvalue weighted by atomic mass is 10.0. The Hall–Kier alpha value is -2.35. The molecule has 5 N–H and O–H groups in total. The van der Waals surface area contributed by atoms with E-state index in [0.717, 1.165) is 11.8 Å². The van der Waals surface area contributed by atoms with Gasteiger partial charge >= 0.3 is 0 Å². The highest BCUT2D eigenvalue weighted by Gasteiger charge is 2.30. The number of thioether (sulfide) groups is 1. The first kappa shape index (κ1) is 17.0. The molecule has 0 aromatic heterocycles. The van der Waals surface area contributed by atoms with Crippen LogP contribution in [0.1, 0.15) is 31.7 Å². The summed E-state index contributed by atoms with van der Waals surface area (Å²) in [7, 11) is 0. The Bertz CT molecular complexity index is 663. The van der Waals surface area contributed by atoms with E-state index < -0.39 is 11.2 Å². The molecule has 2 amide bonds. The third-order valence-electron chi connectivity index (χ3n) is 3.19. The summed E-state index contributed by atoms with van der Waals surface area (Å²) in [6, 6.07) is 7.63. The number of hydrogen-bond donors (Lipinski definition) is 3. The second-order valence-electron chi connectivity index (χ2n) is 5.40. The van der Waals surface area contributed by atoms with Gasteiger partial charge in [-0.2, -0.15) is 9.98 Å². The summed E-state index contributed by atoms with van der Waals surface area (Å²) < 4.78 is 0. The number of amidine groups is 1. The van der Waals surface area contributed by atoms with Crippen LogP contribution in [0.15, 0.2) is 34.3 Å². The molecule has 1 aliphatic rings. The number of carbonyl (C=O) groups excluding carboxylic acids is 2. The van der Waals surface area contributed by atoms with Gasteiger partial charge in [-0.1, -0.05) is 37.7 Å². The zero-order valence-corrected chi connectivity index (χ0v) is 13.8. The predicted molar refractivity (Wildman–Crippen MR) is 93.4 cm³/mol. The number of amides is 2. The van der Waals surface area contributed by atoms with Crippen molar-refractivity contribution in [3.05, 3.63) is 29.8 Å². The fourth-order valence-corrected chi connectivity index (χ4v) is 2.94. The molecule has 0 saturated heterocycles. The van der Waals surface area contributed by atoms with Crippen LogP contribution in [0.25, 0.3) is 0 Å². The highest BCUT2D eigenvalue weighted by molar-refractivity contribution is 8.15. The number of rotatable bonds is 4. The number of nitrogens with one attached hydrogen (secondary N) is 1. The van der Waals surface area contributed by atoms with Crippen LogP contribution in [-0.4, -0.2) is 28.2 Å². The van der Waals surface area contributed by atoms with Crippen LogP contribution in [-0.2, 0) is 9.59 Å². The third kappa shape index (κ3) is 4.82. The minimum absolute atomic E-state index is 0.0163. The molecule has 1 heterocycles. The van der Waals surface area contributed by atoms with E-state index in [0.29, 0.717) is 11.6 Å². The van der Waals surface area contributed by atoms with Crippen LogP contribution >= 0.6 is 11.8 Å². The van der Waals surface area contributed by atoms with Gasteiger partial charge in [-0.25, -0.2) is 0 Å². The van der Waals surface area contributed by atoms with Crippen LogP contribution in [0.2, 0.25) is 0 Å². The second kappa shape index (κ2) is 7.28. The van der Waals surface area contributed by atoms with Gasteiger partial charge in [0.05, 0.1) is 0 Å². The molecule has 23 heavy (non-hydrogen) atoms. The Kier molecular flexibility index (Phi) is 5.38. The van der Waals surface area contributed by atoms with Crippen LogP contribution in [0, 0.1) is 0 Å². The van der Waals surface area contributed by atoms with Crippen LogP contribution in [0.3, 0.4) is 0 Å². The summed E-state index contributed by atoms with van der Waals surface area (Å²) in [5.41, 5.74) is 12.4. The number of hydrogen-bond acceptors (Lipinski definition) is 4. The van der Waals surface area contributed by atoms with Gasteiger partial charge in [-0.15, -0.1) is 0 Å². The minimum atomic E-state index is -0.594. The van der Waals surface area contributed by atoms with Crippen LogP contribution in [0.4, 0.5) is 5.69 Å². The van der Waals surface area contributed by atoms with Gasteiger partial charge in [0.15, 0.2) is 11.1 Å². The Morgan fingerprint density at radius 2 is 2.00 bits per heavy atom. The lowest BCUT2D eigenvalue weighted by Gasteiger charge is -2.10. The van der Waals surface area contributed by atoms with Gasteiger partial charge in [0.2, 0.25) is 5.91 Å². The molecule has 1 atom stereocenters. The third-order valence-corrected chi connectivity index (χ3v) is 4.23. The molecule has 0 unspecified atom stereocenters. The maximum atomic E-state index is 12.0. The number of aliphatic imine (C=N–C) groups is 2. The first-order chi connectivity index (χ1) is 10.8. The number of nitrogens with two attached hydrogens (primary N) is 2. The molecule has 122 valence electrons. The molecule has 7 nitrogen and oxygen atoms in total. The zero-order chi connectivity index (χ0) is 17.0. The van der Waals surface area contributed by atoms with Crippen molar-refractivity contribution in [1.29, 1.82) is 0 Å². The van der Waals surface area contributed by atoms with Crippen LogP contribution in [0.5, 0.6) is 0 Å². The SMILES string of the molecule is CC(C)c1ccc(NC(=O)C[C@H]2SC(N=C(N)N)=NC2=O)cc1. The van der Waals surface area contributed by atoms with E-state index in [-0.39, 0.29) is 23.5 Å². The standard InChI is InChI=1S/C15H19N5O2S/c1-8(2)9-3-5-10(6-4-9)18-12(21)7-11-13(22)19-15(23-11)20-14(16)17/h3-6,8,11H,7H2,1-2H3,(H,18,21)(H4,16,17,19,20,22)/t11-/m1/s1. The molecule has 0 aliphatic carbocycles. The lowest BCUT2D eigenvalue weighted by Crippen LogP contribution is -2.23. The molecule has 0 fully saturated rings. The van der Waals surface area contributed by atoms with Crippen LogP contribution < -0.4 is 16.8 Å².